The van der Waals surface area contributed by atoms with Gasteiger partial charge in [-0.3, -0.25) is 0 Å². The van der Waals surface area contributed by atoms with Gasteiger partial charge in [0.1, 0.15) is 11.6 Å². The van der Waals surface area contributed by atoms with Gasteiger partial charge >= 0.3 is 6.03 Å². The van der Waals surface area contributed by atoms with Gasteiger partial charge in [0.05, 0.1) is 29.6 Å². The zero-order valence-electron chi connectivity index (χ0n) is 25.2. The monoisotopic (exact) mass is 598 g/mol. The molecule has 8 heteroatoms. The van der Waals surface area contributed by atoms with Crippen LogP contribution >= 0.6 is 0 Å². The van der Waals surface area contributed by atoms with Crippen LogP contribution in [-0.4, -0.2) is 53.2 Å². The number of benzene rings is 4. The second kappa shape index (κ2) is 14.4. The van der Waals surface area contributed by atoms with E-state index >= 15 is 0 Å². The van der Waals surface area contributed by atoms with E-state index in [2.05, 4.69) is 10.6 Å². The number of nitrogens with zero attached hydrogens (tertiary/aromatic N) is 2. The highest BCUT2D eigenvalue weighted by Crippen LogP contribution is 2.32. The second-order valence-corrected chi connectivity index (χ2v) is 11.3. The number of rotatable bonds is 12. The highest BCUT2D eigenvalue weighted by molar-refractivity contribution is 5.77. The summed E-state index contributed by atoms with van der Waals surface area (Å²) in [5.41, 5.74) is 4.45. The molecule has 3 N–H and O–H groups in total. The molecule has 0 radical (unpaired) electrons. The molecule has 44 heavy (non-hydrogen) atoms. The molecule has 1 aliphatic heterocycles. The lowest BCUT2D eigenvalue weighted by Gasteiger charge is -2.49. The van der Waals surface area contributed by atoms with Crippen molar-refractivity contribution >= 4 is 17.4 Å². The van der Waals surface area contributed by atoms with Gasteiger partial charge in [-0.1, -0.05) is 72.8 Å². The molecule has 0 saturated carbocycles. The van der Waals surface area contributed by atoms with Crippen molar-refractivity contribution in [3.8, 4) is 0 Å². The average Bonchev–Trinajstić information content (AvgIpc) is 3.05. The summed E-state index contributed by atoms with van der Waals surface area (Å²) in [7, 11) is 3.31. The van der Waals surface area contributed by atoms with Crippen LogP contribution in [0.15, 0.2) is 97.1 Å². The quantitative estimate of drug-likeness (QED) is 0.167. The van der Waals surface area contributed by atoms with Crippen LogP contribution in [0.4, 0.5) is 25.0 Å². The summed E-state index contributed by atoms with van der Waals surface area (Å²) < 4.78 is 28.6. The zero-order valence-corrected chi connectivity index (χ0v) is 25.2. The summed E-state index contributed by atoms with van der Waals surface area (Å²) in [6, 6.07) is 28.5. The molecule has 0 bridgehead atoms. The van der Waals surface area contributed by atoms with Crippen molar-refractivity contribution < 1.29 is 18.7 Å². The van der Waals surface area contributed by atoms with Crippen LogP contribution < -0.4 is 10.6 Å². The van der Waals surface area contributed by atoms with Gasteiger partial charge in [-0.15, -0.1) is 0 Å². The number of hydrogen-bond acceptors (Lipinski definition) is 4. The molecule has 2 amide bonds. The van der Waals surface area contributed by atoms with E-state index in [1.165, 1.54) is 12.1 Å². The number of hydrogen-bond donors (Lipinski definition) is 3. The smallest absolute Gasteiger partial charge is 0.321 e. The van der Waals surface area contributed by atoms with Crippen LogP contribution in [0.1, 0.15) is 35.1 Å². The Morgan fingerprint density at radius 2 is 1.05 bits per heavy atom. The normalized spacial score (nSPS) is 17.2. The lowest BCUT2D eigenvalue weighted by molar-refractivity contribution is -0.0478. The van der Waals surface area contributed by atoms with Gasteiger partial charge in [0.2, 0.25) is 0 Å². The van der Waals surface area contributed by atoms with Gasteiger partial charge < -0.3 is 25.5 Å². The molecule has 6 nitrogen and oxygen atoms in total. The summed E-state index contributed by atoms with van der Waals surface area (Å²) in [6.07, 6.45) is 1.65. The molecule has 0 spiro atoms. The number of urea groups is 1. The highest BCUT2D eigenvalue weighted by atomic mass is 19.1. The fourth-order valence-electron chi connectivity index (χ4n) is 6.13. The van der Waals surface area contributed by atoms with Crippen molar-refractivity contribution in [1.29, 1.82) is 0 Å². The number of aryl methyl sites for hydroxylation is 2. The third-order valence-corrected chi connectivity index (χ3v) is 8.53. The van der Waals surface area contributed by atoms with E-state index in [4.69, 9.17) is 0 Å². The maximum absolute atomic E-state index is 14.5. The number of halogens is 2. The van der Waals surface area contributed by atoms with Gasteiger partial charge in [-0.2, -0.15) is 0 Å². The Morgan fingerprint density at radius 1 is 0.636 bits per heavy atom. The van der Waals surface area contributed by atoms with E-state index in [0.717, 1.165) is 22.3 Å². The van der Waals surface area contributed by atoms with Crippen molar-refractivity contribution in [2.75, 3.05) is 24.7 Å². The fourth-order valence-corrected chi connectivity index (χ4v) is 6.13. The van der Waals surface area contributed by atoms with Gasteiger partial charge in [0, 0.05) is 27.2 Å². The number of amides is 2. The van der Waals surface area contributed by atoms with Crippen molar-refractivity contribution in [3.05, 3.63) is 131 Å². The van der Waals surface area contributed by atoms with E-state index in [1.54, 1.807) is 48.2 Å². The van der Waals surface area contributed by atoms with Gasteiger partial charge in [-0.05, 0) is 72.2 Å². The Labute approximate surface area is 258 Å². The largest absolute Gasteiger partial charge is 0.389 e. The first-order chi connectivity index (χ1) is 21.4. The molecule has 5 rings (SSSR count). The minimum absolute atomic E-state index is 0.206. The van der Waals surface area contributed by atoms with E-state index in [0.29, 0.717) is 37.1 Å². The molecule has 230 valence electrons. The fraction of sp³-hybridized carbons (Fsp3) is 0.306. The van der Waals surface area contributed by atoms with Crippen molar-refractivity contribution in [3.63, 3.8) is 0 Å². The van der Waals surface area contributed by atoms with E-state index in [9.17, 15) is 18.7 Å². The zero-order chi connectivity index (χ0) is 31.1. The molecule has 0 unspecified atom stereocenters. The lowest BCUT2D eigenvalue weighted by atomic mass is 9.88. The molecule has 1 saturated heterocycles. The van der Waals surface area contributed by atoms with Gasteiger partial charge in [0.25, 0.3) is 0 Å². The molecular formula is C36H40F2N4O2. The standard InChI is InChI=1S/C36H40F2N4O2/c1-39-31-21-27(13-17-29(31)37)23-41-33(19-15-25-9-5-3-6-10-25)35(43)34(20-16-26-11-7-4-8-12-26)42(36(41)44)24-28-14-18-30(38)32(22-28)40-2/h3-14,17-18,21-22,33-35,39-40,43H,15-16,19-20,23-24H2,1-2H3/t33-,34-/m1/s1. The predicted octanol–water partition coefficient (Wildman–Crippen LogP) is 6.85. The van der Waals surface area contributed by atoms with Crippen molar-refractivity contribution in [2.45, 2.75) is 57.0 Å². The molecule has 1 aliphatic rings. The summed E-state index contributed by atoms with van der Waals surface area (Å²) in [5.74, 6) is -0.748. The van der Waals surface area contributed by atoms with E-state index in [1.807, 2.05) is 60.7 Å². The number of aliphatic hydroxyl groups excluding tert-OH is 1. The highest BCUT2D eigenvalue weighted by Gasteiger charge is 2.45. The first kappa shape index (κ1) is 31.0. The molecule has 1 fully saturated rings. The molecule has 0 aromatic heterocycles. The number of carbonyl (C=O) groups excluding carboxylic acids is 1. The predicted molar refractivity (Wildman–Crippen MR) is 171 cm³/mol. The number of anilines is 2. The number of carbonyl (C=O) groups is 1. The summed E-state index contributed by atoms with van der Waals surface area (Å²) in [6.45, 7) is 0.412. The Hall–Kier alpha value is -4.43. The minimum Gasteiger partial charge on any atom is -0.389 e. The van der Waals surface area contributed by atoms with Crippen LogP contribution in [0, 0.1) is 11.6 Å². The first-order valence-corrected chi connectivity index (χ1v) is 15.1. The Bertz CT molecular complexity index is 1420. The topological polar surface area (TPSA) is 67.8 Å². The maximum atomic E-state index is 14.5. The number of nitrogens with one attached hydrogen (secondary N) is 2. The number of aliphatic hydroxyl groups is 1. The molecule has 2 atom stereocenters. The molecule has 4 aromatic carbocycles. The average molecular weight is 599 g/mol. The molecule has 0 aliphatic carbocycles. The molecular weight excluding hydrogens is 558 g/mol. The van der Waals surface area contributed by atoms with E-state index in [-0.39, 0.29) is 30.8 Å². The van der Waals surface area contributed by atoms with Crippen molar-refractivity contribution in [1.82, 2.24) is 9.80 Å². The molecule has 1 heterocycles. The van der Waals surface area contributed by atoms with Crippen LogP contribution in [0.5, 0.6) is 0 Å². The SMILES string of the molecule is CNc1cc(CN2C(=O)N(Cc3ccc(F)c(NC)c3)[C@H](CCc3ccccc3)C(O)[C@H]2CCc2ccccc2)ccc1F. The Balaban J connectivity index is 1.50. The van der Waals surface area contributed by atoms with Crippen LogP contribution in [0.2, 0.25) is 0 Å². The summed E-state index contributed by atoms with van der Waals surface area (Å²) in [4.78, 5) is 18.0. The minimum atomic E-state index is -0.853. The molecule has 4 aromatic rings. The third kappa shape index (κ3) is 7.19. The second-order valence-electron chi connectivity index (χ2n) is 11.3. The van der Waals surface area contributed by atoms with Crippen LogP contribution in [-0.2, 0) is 25.9 Å². The van der Waals surface area contributed by atoms with Crippen molar-refractivity contribution in [2.24, 2.45) is 0 Å². The Kier molecular flexibility index (Phi) is 10.1. The lowest BCUT2D eigenvalue weighted by Crippen LogP contribution is -2.65. The maximum Gasteiger partial charge on any atom is 0.321 e. The Morgan fingerprint density at radius 3 is 1.43 bits per heavy atom. The summed E-state index contributed by atoms with van der Waals surface area (Å²) in [5, 5.41) is 17.9. The third-order valence-electron chi connectivity index (χ3n) is 8.53. The van der Waals surface area contributed by atoms with Gasteiger partial charge in [0.15, 0.2) is 0 Å². The van der Waals surface area contributed by atoms with Crippen LogP contribution in [0.3, 0.4) is 0 Å². The first-order valence-electron chi connectivity index (χ1n) is 15.1. The van der Waals surface area contributed by atoms with Crippen LogP contribution in [0.25, 0.3) is 0 Å². The van der Waals surface area contributed by atoms with E-state index < -0.39 is 18.2 Å². The summed E-state index contributed by atoms with van der Waals surface area (Å²) >= 11 is 0. The van der Waals surface area contributed by atoms with Gasteiger partial charge in [-0.25, -0.2) is 13.6 Å².